The highest BCUT2D eigenvalue weighted by molar-refractivity contribution is 9.10. The van der Waals surface area contributed by atoms with Crippen molar-refractivity contribution in [2.45, 2.75) is 11.3 Å². The Morgan fingerprint density at radius 2 is 2.35 bits per heavy atom. The minimum absolute atomic E-state index is 0.156. The van der Waals surface area contributed by atoms with Crippen molar-refractivity contribution in [2.75, 3.05) is 12.9 Å². The molecule has 6 heteroatoms. The normalized spacial score (nSPS) is 9.76. The first-order valence-electron chi connectivity index (χ1n) is 4.68. The van der Waals surface area contributed by atoms with E-state index in [1.165, 1.54) is 31.0 Å². The van der Waals surface area contributed by atoms with Gasteiger partial charge in [0.05, 0.1) is 23.6 Å². The van der Waals surface area contributed by atoms with Crippen LogP contribution in [0, 0.1) is 17.1 Å². The van der Waals surface area contributed by atoms with Crippen LogP contribution < -0.4 is 0 Å². The van der Waals surface area contributed by atoms with Crippen LogP contribution in [0.5, 0.6) is 0 Å². The van der Waals surface area contributed by atoms with Crippen molar-refractivity contribution < 1.29 is 13.9 Å². The first kappa shape index (κ1) is 14.0. The molecule has 0 fully saturated rings. The second kappa shape index (κ2) is 6.62. The SMILES string of the molecule is COC(=O)CCSc1ccc(C#N)c(Br)c1F. The molecule has 0 aromatic heterocycles. The van der Waals surface area contributed by atoms with Crippen molar-refractivity contribution >= 4 is 33.7 Å². The molecule has 0 saturated carbocycles. The number of hydrogen-bond acceptors (Lipinski definition) is 4. The van der Waals surface area contributed by atoms with Gasteiger partial charge in [-0.2, -0.15) is 5.26 Å². The zero-order valence-electron chi connectivity index (χ0n) is 9.00. The number of nitrogens with zero attached hydrogens (tertiary/aromatic N) is 1. The van der Waals surface area contributed by atoms with Crippen LogP contribution in [0.2, 0.25) is 0 Å². The number of esters is 1. The predicted octanol–water partition coefficient (Wildman–Crippen LogP) is 3.12. The van der Waals surface area contributed by atoms with Crippen LogP contribution in [0.4, 0.5) is 4.39 Å². The molecule has 0 atom stereocenters. The Balaban J connectivity index is 2.71. The van der Waals surface area contributed by atoms with E-state index in [-0.39, 0.29) is 22.4 Å². The number of thioether (sulfide) groups is 1. The van der Waals surface area contributed by atoms with E-state index < -0.39 is 5.82 Å². The van der Waals surface area contributed by atoms with E-state index in [9.17, 15) is 9.18 Å². The van der Waals surface area contributed by atoms with Crippen LogP contribution in [0.3, 0.4) is 0 Å². The standard InChI is InChI=1S/C11H9BrFNO2S/c1-16-9(15)4-5-17-8-3-2-7(6-14)10(12)11(8)13/h2-3H,4-5H2,1H3. The van der Waals surface area contributed by atoms with Gasteiger partial charge in [-0.15, -0.1) is 11.8 Å². The fraction of sp³-hybridized carbons (Fsp3) is 0.273. The molecule has 0 aliphatic carbocycles. The molecule has 0 N–H and O–H groups in total. The number of halogens is 2. The van der Waals surface area contributed by atoms with Crippen molar-refractivity contribution in [1.82, 2.24) is 0 Å². The molecule has 0 unspecified atom stereocenters. The number of benzene rings is 1. The Morgan fingerprint density at radius 3 is 2.94 bits per heavy atom. The molecule has 1 aromatic carbocycles. The third kappa shape index (κ3) is 3.72. The van der Waals surface area contributed by atoms with Crippen LogP contribution in [0.15, 0.2) is 21.5 Å². The molecule has 3 nitrogen and oxygen atoms in total. The van der Waals surface area contributed by atoms with E-state index in [1.54, 1.807) is 0 Å². The number of hydrogen-bond donors (Lipinski definition) is 0. The number of nitriles is 1. The fourth-order valence-electron chi connectivity index (χ4n) is 1.08. The van der Waals surface area contributed by atoms with Crippen LogP contribution in [0.25, 0.3) is 0 Å². The molecule has 1 rings (SSSR count). The maximum Gasteiger partial charge on any atom is 0.306 e. The lowest BCUT2D eigenvalue weighted by Crippen LogP contribution is -2.01. The van der Waals surface area contributed by atoms with Gasteiger partial charge in [0.2, 0.25) is 0 Å². The van der Waals surface area contributed by atoms with Crippen molar-refractivity contribution in [2.24, 2.45) is 0 Å². The smallest absolute Gasteiger partial charge is 0.306 e. The number of carbonyl (C=O) groups excluding carboxylic acids is 1. The van der Waals surface area contributed by atoms with E-state index in [0.29, 0.717) is 10.6 Å². The van der Waals surface area contributed by atoms with E-state index in [1.807, 2.05) is 6.07 Å². The Morgan fingerprint density at radius 1 is 1.65 bits per heavy atom. The summed E-state index contributed by atoms with van der Waals surface area (Å²) in [6, 6.07) is 4.94. The van der Waals surface area contributed by atoms with Gasteiger partial charge in [0.25, 0.3) is 0 Å². The highest BCUT2D eigenvalue weighted by Crippen LogP contribution is 2.30. The van der Waals surface area contributed by atoms with E-state index in [4.69, 9.17) is 5.26 Å². The summed E-state index contributed by atoms with van der Waals surface area (Å²) in [5.74, 6) is -0.369. The lowest BCUT2D eigenvalue weighted by molar-refractivity contribution is -0.140. The number of ether oxygens (including phenoxy) is 1. The van der Waals surface area contributed by atoms with Gasteiger partial charge in [0, 0.05) is 10.6 Å². The Bertz CT molecular complexity index is 473. The lowest BCUT2D eigenvalue weighted by Gasteiger charge is -2.05. The van der Waals surface area contributed by atoms with Gasteiger partial charge >= 0.3 is 5.97 Å². The summed E-state index contributed by atoms with van der Waals surface area (Å²) in [6.45, 7) is 0. The number of carbonyl (C=O) groups is 1. The van der Waals surface area contributed by atoms with Crippen molar-refractivity contribution in [3.63, 3.8) is 0 Å². The van der Waals surface area contributed by atoms with Gasteiger partial charge in [-0.3, -0.25) is 4.79 Å². The van der Waals surface area contributed by atoms with Gasteiger partial charge < -0.3 is 4.74 Å². The van der Waals surface area contributed by atoms with Crippen molar-refractivity contribution in [3.8, 4) is 6.07 Å². The van der Waals surface area contributed by atoms with Gasteiger partial charge in [-0.25, -0.2) is 4.39 Å². The largest absolute Gasteiger partial charge is 0.469 e. The van der Waals surface area contributed by atoms with Crippen LogP contribution in [0.1, 0.15) is 12.0 Å². The fourth-order valence-corrected chi connectivity index (χ4v) is 2.52. The third-order valence-corrected chi connectivity index (χ3v) is 3.77. The summed E-state index contributed by atoms with van der Waals surface area (Å²) in [7, 11) is 1.31. The van der Waals surface area contributed by atoms with Crippen LogP contribution >= 0.6 is 27.7 Å². The van der Waals surface area contributed by atoms with Gasteiger partial charge in [-0.1, -0.05) is 0 Å². The van der Waals surface area contributed by atoms with Crippen LogP contribution in [-0.4, -0.2) is 18.8 Å². The molecule has 1 aromatic rings. The zero-order valence-corrected chi connectivity index (χ0v) is 11.4. The summed E-state index contributed by atoms with van der Waals surface area (Å²) in [4.78, 5) is 11.3. The minimum Gasteiger partial charge on any atom is -0.469 e. The molecule has 0 aliphatic heterocycles. The molecular formula is C11H9BrFNO2S. The van der Waals surface area contributed by atoms with E-state index >= 15 is 0 Å². The lowest BCUT2D eigenvalue weighted by atomic mass is 10.2. The summed E-state index contributed by atoms with van der Waals surface area (Å²) in [5.41, 5.74) is 0.250. The van der Waals surface area contributed by atoms with Gasteiger partial charge in [0.15, 0.2) is 5.82 Å². The molecule has 0 amide bonds. The molecule has 17 heavy (non-hydrogen) atoms. The second-order valence-corrected chi connectivity index (χ2v) is 4.96. The van der Waals surface area contributed by atoms with E-state index in [2.05, 4.69) is 20.7 Å². The zero-order chi connectivity index (χ0) is 12.8. The maximum absolute atomic E-state index is 13.7. The van der Waals surface area contributed by atoms with Gasteiger partial charge in [-0.05, 0) is 28.1 Å². The van der Waals surface area contributed by atoms with Crippen molar-refractivity contribution in [1.29, 1.82) is 5.26 Å². The first-order chi connectivity index (χ1) is 8.10. The predicted molar refractivity (Wildman–Crippen MR) is 66.2 cm³/mol. The summed E-state index contributed by atoms with van der Waals surface area (Å²) in [5, 5.41) is 8.70. The number of methoxy groups -OCH3 is 1. The minimum atomic E-state index is -0.473. The molecule has 90 valence electrons. The molecule has 0 saturated heterocycles. The highest BCUT2D eigenvalue weighted by Gasteiger charge is 2.11. The maximum atomic E-state index is 13.7. The monoisotopic (exact) mass is 317 g/mol. The molecule has 0 spiro atoms. The number of rotatable bonds is 4. The molecule has 0 aliphatic rings. The topological polar surface area (TPSA) is 50.1 Å². The highest BCUT2D eigenvalue weighted by atomic mass is 79.9. The Kier molecular flexibility index (Phi) is 5.45. The summed E-state index contributed by atoms with van der Waals surface area (Å²) >= 11 is 4.23. The average Bonchev–Trinajstić information content (AvgIpc) is 2.34. The quantitative estimate of drug-likeness (QED) is 0.632. The van der Waals surface area contributed by atoms with Crippen molar-refractivity contribution in [3.05, 3.63) is 28.0 Å². The second-order valence-electron chi connectivity index (χ2n) is 3.03. The molecule has 0 radical (unpaired) electrons. The Hall–Kier alpha value is -1.06. The third-order valence-electron chi connectivity index (χ3n) is 1.96. The molecular weight excluding hydrogens is 309 g/mol. The average molecular weight is 318 g/mol. The van der Waals surface area contributed by atoms with Crippen LogP contribution in [-0.2, 0) is 9.53 Å². The summed E-state index contributed by atoms with van der Waals surface area (Å²) < 4.78 is 18.4. The van der Waals surface area contributed by atoms with E-state index in [0.717, 1.165) is 0 Å². The first-order valence-corrected chi connectivity index (χ1v) is 6.45. The molecule has 0 bridgehead atoms. The molecule has 0 heterocycles. The van der Waals surface area contributed by atoms with Gasteiger partial charge in [0.1, 0.15) is 6.07 Å². The summed E-state index contributed by atoms with van der Waals surface area (Å²) in [6.07, 6.45) is 0.220. The Labute approximate surface area is 111 Å².